The SMILES string of the molecule is CC(F)(F)[C@H]1Oc2c(Cl)cc(Cl)cc2C=C1C(=O)O. The molecule has 0 saturated heterocycles. The summed E-state index contributed by atoms with van der Waals surface area (Å²) in [5, 5.41) is 9.30. The number of aliphatic carboxylic acids is 1. The van der Waals surface area contributed by atoms with E-state index in [1.54, 1.807) is 0 Å². The van der Waals surface area contributed by atoms with Crippen LogP contribution in [-0.4, -0.2) is 23.1 Å². The second-order valence-corrected chi connectivity index (χ2v) is 5.01. The normalized spacial score (nSPS) is 18.4. The van der Waals surface area contributed by atoms with Crippen molar-refractivity contribution in [3.63, 3.8) is 0 Å². The van der Waals surface area contributed by atoms with Crippen LogP contribution in [0.1, 0.15) is 12.5 Å². The van der Waals surface area contributed by atoms with Crippen molar-refractivity contribution in [1.29, 1.82) is 0 Å². The fourth-order valence-electron chi connectivity index (χ4n) is 1.79. The van der Waals surface area contributed by atoms with E-state index in [0.29, 0.717) is 6.92 Å². The summed E-state index contributed by atoms with van der Waals surface area (Å²) in [4.78, 5) is 11.0. The summed E-state index contributed by atoms with van der Waals surface area (Å²) in [5.74, 6) is -4.83. The van der Waals surface area contributed by atoms with Gasteiger partial charge in [-0.15, -0.1) is 0 Å². The number of carbonyl (C=O) groups is 1. The molecule has 0 bridgehead atoms. The Balaban J connectivity index is 2.61. The number of carboxylic acid groups (broad SMARTS) is 1. The first-order valence-corrected chi connectivity index (χ1v) is 5.94. The van der Waals surface area contributed by atoms with Crippen LogP contribution in [0.4, 0.5) is 8.78 Å². The number of hydrogen-bond donors (Lipinski definition) is 1. The Bertz CT molecular complexity index is 579. The number of rotatable bonds is 2. The molecule has 0 saturated carbocycles. The van der Waals surface area contributed by atoms with Gasteiger partial charge in [-0.05, 0) is 18.2 Å². The van der Waals surface area contributed by atoms with Crippen molar-refractivity contribution in [2.75, 3.05) is 0 Å². The highest BCUT2D eigenvalue weighted by atomic mass is 35.5. The molecule has 2 rings (SSSR count). The molecule has 19 heavy (non-hydrogen) atoms. The zero-order valence-corrected chi connectivity index (χ0v) is 11.1. The maximum Gasteiger partial charge on any atom is 0.335 e. The Labute approximate surface area is 117 Å². The van der Waals surface area contributed by atoms with E-state index in [2.05, 4.69) is 0 Å². The second kappa shape index (κ2) is 4.65. The zero-order valence-electron chi connectivity index (χ0n) is 9.58. The Morgan fingerprint density at radius 3 is 2.58 bits per heavy atom. The Kier molecular flexibility index (Phi) is 3.45. The third kappa shape index (κ3) is 2.67. The largest absolute Gasteiger partial charge is 0.478 e. The van der Waals surface area contributed by atoms with Gasteiger partial charge in [-0.25, -0.2) is 13.6 Å². The van der Waals surface area contributed by atoms with Crippen molar-refractivity contribution in [3.05, 3.63) is 33.3 Å². The molecule has 0 spiro atoms. The van der Waals surface area contributed by atoms with Crippen LogP contribution in [0.25, 0.3) is 6.08 Å². The average Bonchev–Trinajstić information content (AvgIpc) is 2.25. The van der Waals surface area contributed by atoms with Crippen molar-refractivity contribution >= 4 is 35.2 Å². The lowest BCUT2D eigenvalue weighted by molar-refractivity contribution is -0.137. The van der Waals surface area contributed by atoms with Gasteiger partial charge in [0, 0.05) is 17.5 Å². The number of carboxylic acids is 1. The van der Waals surface area contributed by atoms with Crippen molar-refractivity contribution in [2.45, 2.75) is 19.0 Å². The minimum Gasteiger partial charge on any atom is -0.478 e. The average molecular weight is 309 g/mol. The van der Waals surface area contributed by atoms with E-state index in [9.17, 15) is 13.6 Å². The van der Waals surface area contributed by atoms with Crippen LogP contribution in [-0.2, 0) is 4.79 Å². The highest BCUT2D eigenvalue weighted by Crippen LogP contribution is 2.41. The molecule has 102 valence electrons. The number of ether oxygens (including phenoxy) is 1. The van der Waals surface area contributed by atoms with Gasteiger partial charge in [-0.3, -0.25) is 0 Å². The second-order valence-electron chi connectivity index (χ2n) is 4.16. The van der Waals surface area contributed by atoms with Crippen LogP contribution in [0.15, 0.2) is 17.7 Å². The summed E-state index contributed by atoms with van der Waals surface area (Å²) in [5.41, 5.74) is -0.284. The molecule has 1 aromatic carbocycles. The predicted molar refractivity (Wildman–Crippen MR) is 67.1 cm³/mol. The van der Waals surface area contributed by atoms with Gasteiger partial charge in [-0.1, -0.05) is 23.2 Å². The standard InChI is InChI=1S/C12H8Cl2F2O3/c1-12(15,16)10-7(11(17)18)3-5-2-6(13)4-8(14)9(5)19-10/h2-4,10H,1H3,(H,17,18)/t10-/m0/s1. The van der Waals surface area contributed by atoms with E-state index in [0.717, 1.165) is 6.08 Å². The van der Waals surface area contributed by atoms with E-state index in [4.69, 9.17) is 33.0 Å². The maximum atomic E-state index is 13.4. The lowest BCUT2D eigenvalue weighted by Gasteiger charge is -2.29. The van der Waals surface area contributed by atoms with Crippen molar-refractivity contribution < 1.29 is 23.4 Å². The molecule has 3 nitrogen and oxygen atoms in total. The number of benzene rings is 1. The minimum absolute atomic E-state index is 0.00240. The van der Waals surface area contributed by atoms with Gasteiger partial charge in [0.1, 0.15) is 5.75 Å². The minimum atomic E-state index is -3.36. The molecule has 1 N–H and O–H groups in total. The van der Waals surface area contributed by atoms with Gasteiger partial charge in [-0.2, -0.15) is 0 Å². The number of halogens is 4. The molecule has 0 fully saturated rings. The zero-order chi connectivity index (χ0) is 14.4. The van der Waals surface area contributed by atoms with Gasteiger partial charge in [0.2, 0.25) is 0 Å². The monoisotopic (exact) mass is 308 g/mol. The van der Waals surface area contributed by atoms with Crippen LogP contribution >= 0.6 is 23.2 Å². The fraction of sp³-hybridized carbons (Fsp3) is 0.250. The van der Waals surface area contributed by atoms with Crippen LogP contribution in [0.5, 0.6) is 5.75 Å². The number of hydrogen-bond acceptors (Lipinski definition) is 2. The maximum absolute atomic E-state index is 13.4. The van der Waals surface area contributed by atoms with Crippen molar-refractivity contribution in [3.8, 4) is 5.75 Å². The first kappa shape index (κ1) is 14.1. The summed E-state index contributed by atoms with van der Waals surface area (Å²) < 4.78 is 31.9. The third-order valence-corrected chi connectivity index (χ3v) is 3.07. The molecule has 7 heteroatoms. The van der Waals surface area contributed by atoms with E-state index in [1.165, 1.54) is 12.1 Å². The van der Waals surface area contributed by atoms with Crippen molar-refractivity contribution in [1.82, 2.24) is 0 Å². The van der Waals surface area contributed by atoms with Gasteiger partial charge in [0.05, 0.1) is 10.6 Å². The predicted octanol–water partition coefficient (Wildman–Crippen LogP) is 3.88. The quantitative estimate of drug-likeness (QED) is 0.902. The molecule has 0 unspecified atom stereocenters. The molecule has 0 radical (unpaired) electrons. The van der Waals surface area contributed by atoms with Crippen LogP contribution in [0, 0.1) is 0 Å². The summed E-state index contributed by atoms with van der Waals surface area (Å²) >= 11 is 11.6. The molecule has 0 aromatic heterocycles. The number of alkyl halides is 2. The molecule has 1 aliphatic heterocycles. The summed E-state index contributed by atoms with van der Waals surface area (Å²) in [7, 11) is 0. The molecule has 1 heterocycles. The fourth-order valence-corrected chi connectivity index (χ4v) is 2.34. The lowest BCUT2D eigenvalue weighted by Crippen LogP contribution is -2.41. The highest BCUT2D eigenvalue weighted by molar-refractivity contribution is 6.36. The summed E-state index contributed by atoms with van der Waals surface area (Å²) in [6, 6.07) is 2.74. The molecule has 0 aliphatic carbocycles. The Hall–Kier alpha value is -1.33. The van der Waals surface area contributed by atoms with Crippen LogP contribution in [0.2, 0.25) is 10.0 Å². The van der Waals surface area contributed by atoms with Gasteiger partial charge in [0.25, 0.3) is 5.92 Å². The first-order valence-electron chi connectivity index (χ1n) is 5.18. The summed E-state index contributed by atoms with van der Waals surface area (Å²) in [6.07, 6.45) is -0.794. The van der Waals surface area contributed by atoms with Gasteiger partial charge >= 0.3 is 5.97 Å². The van der Waals surface area contributed by atoms with E-state index in [1.807, 2.05) is 0 Å². The molecule has 0 amide bonds. The number of fused-ring (bicyclic) bond motifs is 1. The van der Waals surface area contributed by atoms with Crippen LogP contribution in [0.3, 0.4) is 0 Å². The summed E-state index contributed by atoms with van der Waals surface area (Å²) in [6.45, 7) is 0.587. The first-order chi connectivity index (χ1) is 8.70. The smallest absolute Gasteiger partial charge is 0.335 e. The van der Waals surface area contributed by atoms with Crippen LogP contribution < -0.4 is 4.74 Å². The van der Waals surface area contributed by atoms with Gasteiger partial charge < -0.3 is 9.84 Å². The van der Waals surface area contributed by atoms with Crippen molar-refractivity contribution in [2.24, 2.45) is 0 Å². The lowest BCUT2D eigenvalue weighted by atomic mass is 9.98. The van der Waals surface area contributed by atoms with E-state index < -0.39 is 23.6 Å². The van der Waals surface area contributed by atoms with Gasteiger partial charge in [0.15, 0.2) is 6.10 Å². The van der Waals surface area contributed by atoms with E-state index >= 15 is 0 Å². The molecule has 1 aliphatic rings. The van der Waals surface area contributed by atoms with E-state index in [-0.39, 0.29) is 21.4 Å². The Morgan fingerprint density at radius 1 is 1.42 bits per heavy atom. The molecule has 1 aromatic rings. The highest BCUT2D eigenvalue weighted by Gasteiger charge is 2.44. The third-order valence-electron chi connectivity index (χ3n) is 2.57. The Morgan fingerprint density at radius 2 is 2.05 bits per heavy atom. The molecular weight excluding hydrogens is 301 g/mol. The molecular formula is C12H8Cl2F2O3. The topological polar surface area (TPSA) is 46.5 Å². The molecule has 1 atom stereocenters.